The molecule has 2 aromatic heterocycles. The highest BCUT2D eigenvalue weighted by atomic mass is 16.5. The van der Waals surface area contributed by atoms with E-state index in [4.69, 9.17) is 4.74 Å². The van der Waals surface area contributed by atoms with Crippen molar-refractivity contribution in [3.05, 3.63) is 49.3 Å². The maximum atomic E-state index is 10.3. The Morgan fingerprint density at radius 3 is 1.92 bits per heavy atom. The van der Waals surface area contributed by atoms with Crippen molar-refractivity contribution in [1.29, 1.82) is 0 Å². The number of rotatable bonds is 3. The monoisotopic (exact) mass is 364 g/mol. The van der Waals surface area contributed by atoms with Crippen LogP contribution in [0.1, 0.15) is 19.8 Å². The number of H-pyrrole nitrogens is 1. The summed E-state index contributed by atoms with van der Waals surface area (Å²) >= 11 is 0. The minimum Gasteiger partial charge on any atom is -0.460 e. The summed E-state index contributed by atoms with van der Waals surface area (Å²) in [5.41, 5.74) is 0. The Bertz CT molecular complexity index is 457. The first-order valence-corrected chi connectivity index (χ1v) is 8.84. The number of hydrogen-bond acceptors (Lipinski definition) is 5. The predicted octanol–water partition coefficient (Wildman–Crippen LogP) is 2.12. The third-order valence-electron chi connectivity index (χ3n) is 3.00. The molecule has 1 aliphatic rings. The number of aromatic amines is 1. The third-order valence-corrected chi connectivity index (χ3v) is 3.00. The molecule has 7 heteroatoms. The number of ether oxygens (including phenoxy) is 1. The quantitative estimate of drug-likeness (QED) is 0.644. The van der Waals surface area contributed by atoms with Gasteiger partial charge in [0.15, 0.2) is 0 Å². The number of aromatic nitrogens is 3. The molecule has 26 heavy (non-hydrogen) atoms. The van der Waals surface area contributed by atoms with Gasteiger partial charge in [-0.25, -0.2) is 4.98 Å². The van der Waals surface area contributed by atoms with Crippen LogP contribution in [0.4, 0.5) is 0 Å². The Kier molecular flexibility index (Phi) is 14.8. The van der Waals surface area contributed by atoms with Gasteiger partial charge in [0, 0.05) is 31.7 Å². The van der Waals surface area contributed by atoms with Crippen LogP contribution in [0.25, 0.3) is 0 Å². The van der Waals surface area contributed by atoms with E-state index in [1.165, 1.54) is 32.9 Å². The standard InChI is InChI=1S/C7H16NO2.C5H5N.C4H9N.C3H4N2/c1-7(9)10-6-5-8(2,3)4;1-2-4-6-5-3-1;1-2-4-5-3-1;1-2-5-3-4-1/h5-6H2,1-4H3;1-5H;5H,1-4H2;1-3H,(H,4,5)/q+1;;;. The van der Waals surface area contributed by atoms with Gasteiger partial charge in [0.1, 0.15) is 13.2 Å². The largest absolute Gasteiger partial charge is 0.460 e. The lowest BCUT2D eigenvalue weighted by Gasteiger charge is -2.23. The second kappa shape index (κ2) is 16.2. The second-order valence-electron chi connectivity index (χ2n) is 6.60. The van der Waals surface area contributed by atoms with Crippen molar-refractivity contribution in [3.63, 3.8) is 0 Å². The lowest BCUT2D eigenvalue weighted by molar-refractivity contribution is -0.870. The first-order valence-electron chi connectivity index (χ1n) is 8.84. The molecular formula is C19H34N5O2+. The van der Waals surface area contributed by atoms with Crippen LogP contribution in [0.15, 0.2) is 49.3 Å². The Morgan fingerprint density at radius 1 is 1.04 bits per heavy atom. The molecule has 0 bridgehead atoms. The molecule has 0 saturated carbocycles. The molecule has 1 fully saturated rings. The zero-order valence-corrected chi connectivity index (χ0v) is 16.5. The molecular weight excluding hydrogens is 330 g/mol. The van der Waals surface area contributed by atoms with E-state index in [0.29, 0.717) is 6.61 Å². The first-order chi connectivity index (χ1) is 12.4. The lowest BCUT2D eigenvalue weighted by Crippen LogP contribution is -2.37. The summed E-state index contributed by atoms with van der Waals surface area (Å²) in [5, 5.41) is 3.22. The summed E-state index contributed by atoms with van der Waals surface area (Å²) in [6, 6.07) is 5.72. The van der Waals surface area contributed by atoms with E-state index in [2.05, 4.69) is 41.4 Å². The van der Waals surface area contributed by atoms with Gasteiger partial charge in [-0.3, -0.25) is 9.78 Å². The molecule has 0 unspecified atom stereocenters. The Balaban J connectivity index is 0.000000335. The lowest BCUT2D eigenvalue weighted by atomic mass is 10.4. The Hall–Kier alpha value is -2.25. The fourth-order valence-corrected chi connectivity index (χ4v) is 1.62. The van der Waals surface area contributed by atoms with Crippen LogP contribution >= 0.6 is 0 Å². The van der Waals surface area contributed by atoms with Crippen LogP contribution in [-0.4, -0.2) is 72.8 Å². The van der Waals surface area contributed by atoms with Gasteiger partial charge in [-0.1, -0.05) is 6.07 Å². The molecule has 0 amide bonds. The molecule has 0 spiro atoms. The van der Waals surface area contributed by atoms with Crippen molar-refractivity contribution in [2.45, 2.75) is 19.8 Å². The maximum absolute atomic E-state index is 10.3. The van der Waals surface area contributed by atoms with E-state index in [1.807, 2.05) is 18.2 Å². The van der Waals surface area contributed by atoms with Gasteiger partial charge in [-0.2, -0.15) is 0 Å². The highest BCUT2D eigenvalue weighted by Crippen LogP contribution is 1.90. The zero-order chi connectivity index (χ0) is 19.5. The van der Waals surface area contributed by atoms with E-state index < -0.39 is 0 Å². The van der Waals surface area contributed by atoms with Crippen molar-refractivity contribution >= 4 is 5.97 Å². The Labute approximate surface area is 157 Å². The van der Waals surface area contributed by atoms with Crippen LogP contribution in [0.2, 0.25) is 0 Å². The fourth-order valence-electron chi connectivity index (χ4n) is 1.62. The van der Waals surface area contributed by atoms with Gasteiger partial charge in [-0.15, -0.1) is 0 Å². The minimum atomic E-state index is -0.201. The highest BCUT2D eigenvalue weighted by Gasteiger charge is 2.06. The molecule has 0 atom stereocenters. The molecule has 1 aliphatic heterocycles. The average Bonchev–Trinajstić information content (AvgIpc) is 3.34. The number of quaternary nitrogens is 1. The van der Waals surface area contributed by atoms with Gasteiger partial charge in [0.05, 0.1) is 27.5 Å². The van der Waals surface area contributed by atoms with Crippen molar-refractivity contribution in [2.75, 3.05) is 47.4 Å². The van der Waals surface area contributed by atoms with Crippen molar-refractivity contribution < 1.29 is 14.0 Å². The zero-order valence-electron chi connectivity index (χ0n) is 16.5. The van der Waals surface area contributed by atoms with Crippen LogP contribution in [-0.2, 0) is 9.53 Å². The van der Waals surface area contributed by atoms with Crippen molar-refractivity contribution in [2.24, 2.45) is 0 Å². The normalized spacial score (nSPS) is 12.3. The predicted molar refractivity (Wildman–Crippen MR) is 104 cm³/mol. The van der Waals surface area contributed by atoms with E-state index in [-0.39, 0.29) is 5.97 Å². The minimum absolute atomic E-state index is 0.201. The number of esters is 1. The molecule has 7 nitrogen and oxygen atoms in total. The van der Waals surface area contributed by atoms with E-state index >= 15 is 0 Å². The van der Waals surface area contributed by atoms with Crippen molar-refractivity contribution in [1.82, 2.24) is 20.3 Å². The van der Waals surface area contributed by atoms with Gasteiger partial charge in [0.25, 0.3) is 0 Å². The molecule has 2 N–H and O–H groups in total. The van der Waals surface area contributed by atoms with E-state index in [0.717, 1.165) is 11.0 Å². The molecule has 0 aliphatic carbocycles. The molecule has 0 radical (unpaired) electrons. The summed E-state index contributed by atoms with van der Waals surface area (Å²) in [5.74, 6) is -0.201. The van der Waals surface area contributed by atoms with Crippen LogP contribution in [0, 0.1) is 0 Å². The van der Waals surface area contributed by atoms with E-state index in [1.54, 1.807) is 31.1 Å². The fraction of sp³-hybridized carbons (Fsp3) is 0.526. The number of nitrogens with zero attached hydrogens (tertiary/aromatic N) is 3. The summed E-state index contributed by atoms with van der Waals surface area (Å²) in [4.78, 5) is 20.5. The van der Waals surface area contributed by atoms with Crippen LogP contribution in [0.3, 0.4) is 0 Å². The summed E-state index contributed by atoms with van der Waals surface area (Å²) in [6.45, 7) is 5.30. The number of carbonyl (C=O) groups is 1. The first kappa shape index (κ1) is 23.8. The van der Waals surface area contributed by atoms with Gasteiger partial charge in [0.2, 0.25) is 0 Å². The maximum Gasteiger partial charge on any atom is 0.302 e. The summed E-state index contributed by atoms with van der Waals surface area (Å²) in [6.07, 6.45) is 11.4. The van der Waals surface area contributed by atoms with Crippen molar-refractivity contribution in [3.8, 4) is 0 Å². The number of carbonyl (C=O) groups excluding carboxylic acids is 1. The highest BCUT2D eigenvalue weighted by molar-refractivity contribution is 5.65. The van der Waals surface area contributed by atoms with Crippen LogP contribution in [0.5, 0.6) is 0 Å². The molecule has 3 rings (SSSR count). The Morgan fingerprint density at radius 2 is 1.69 bits per heavy atom. The number of hydrogen-bond donors (Lipinski definition) is 2. The molecule has 1 saturated heterocycles. The number of pyridine rings is 1. The van der Waals surface area contributed by atoms with Crippen LogP contribution < -0.4 is 5.32 Å². The SMILES string of the molecule is C1CCNC1.CC(=O)OCC[N+](C)(C)C.c1c[nH]cn1.c1ccncc1. The van der Waals surface area contributed by atoms with Gasteiger partial charge >= 0.3 is 5.97 Å². The summed E-state index contributed by atoms with van der Waals surface area (Å²) < 4.78 is 5.59. The van der Waals surface area contributed by atoms with E-state index in [9.17, 15) is 4.79 Å². The number of imidazole rings is 1. The molecule has 146 valence electrons. The molecule has 3 heterocycles. The third kappa shape index (κ3) is 21.8. The molecule has 0 aromatic carbocycles. The smallest absolute Gasteiger partial charge is 0.302 e. The number of likely N-dealkylation sites (N-methyl/N-ethyl adjacent to an activating group) is 1. The topological polar surface area (TPSA) is 79.9 Å². The number of nitrogens with one attached hydrogen (secondary N) is 2. The van der Waals surface area contributed by atoms with Gasteiger partial charge < -0.3 is 19.5 Å². The summed E-state index contributed by atoms with van der Waals surface area (Å²) in [7, 11) is 6.18. The van der Waals surface area contributed by atoms with Gasteiger partial charge in [-0.05, 0) is 38.1 Å². The average molecular weight is 365 g/mol. The second-order valence-corrected chi connectivity index (χ2v) is 6.60. The molecule has 2 aromatic rings.